The topological polar surface area (TPSA) is 76.1 Å². The second-order valence-corrected chi connectivity index (χ2v) is 8.15. The average molecular weight is 472 g/mol. The largest absolute Gasteiger partial charge is 0.507 e. The first-order valence-corrected chi connectivity index (χ1v) is 11.8. The van der Waals surface area contributed by atoms with Crippen LogP contribution < -0.4 is 14.4 Å². The van der Waals surface area contributed by atoms with Crippen LogP contribution in [0.5, 0.6) is 11.5 Å². The van der Waals surface area contributed by atoms with Crippen LogP contribution in [0.25, 0.3) is 5.76 Å². The third-order valence-electron chi connectivity index (χ3n) is 6.01. The fourth-order valence-corrected chi connectivity index (χ4v) is 4.25. The molecule has 3 aromatic carbocycles. The summed E-state index contributed by atoms with van der Waals surface area (Å²) in [6, 6.07) is 20.8. The fraction of sp³-hybridized carbons (Fsp3) is 0.241. The zero-order chi connectivity index (χ0) is 24.9. The van der Waals surface area contributed by atoms with Crippen molar-refractivity contribution in [2.24, 2.45) is 0 Å². The molecule has 6 heteroatoms. The van der Waals surface area contributed by atoms with Gasteiger partial charge in [0.15, 0.2) is 0 Å². The summed E-state index contributed by atoms with van der Waals surface area (Å²) >= 11 is 0. The molecule has 0 aliphatic carbocycles. The van der Waals surface area contributed by atoms with E-state index < -0.39 is 17.7 Å². The summed E-state index contributed by atoms with van der Waals surface area (Å²) in [5, 5.41) is 11.3. The summed E-state index contributed by atoms with van der Waals surface area (Å²) < 4.78 is 11.1. The first-order chi connectivity index (χ1) is 17.0. The Bertz CT molecular complexity index is 1230. The lowest BCUT2D eigenvalue weighted by molar-refractivity contribution is -0.132. The smallest absolute Gasteiger partial charge is 0.300 e. The number of hydrogen-bond donors (Lipinski definition) is 1. The summed E-state index contributed by atoms with van der Waals surface area (Å²) in [5.41, 5.74) is 2.88. The second-order valence-electron chi connectivity index (χ2n) is 8.15. The van der Waals surface area contributed by atoms with E-state index in [1.165, 1.54) is 4.90 Å². The van der Waals surface area contributed by atoms with Gasteiger partial charge >= 0.3 is 0 Å². The van der Waals surface area contributed by atoms with Gasteiger partial charge in [-0.25, -0.2) is 0 Å². The van der Waals surface area contributed by atoms with Gasteiger partial charge in [0.2, 0.25) is 0 Å². The minimum Gasteiger partial charge on any atom is -0.507 e. The lowest BCUT2D eigenvalue weighted by Gasteiger charge is -2.25. The number of ketones is 1. The summed E-state index contributed by atoms with van der Waals surface area (Å²) in [6.07, 6.45) is 0.857. The van der Waals surface area contributed by atoms with Gasteiger partial charge in [-0.2, -0.15) is 0 Å². The predicted octanol–water partition coefficient (Wildman–Crippen LogP) is 5.67. The number of nitrogens with zero attached hydrogens (tertiary/aromatic N) is 1. The molecule has 1 amide bonds. The van der Waals surface area contributed by atoms with Gasteiger partial charge in [0, 0.05) is 11.3 Å². The van der Waals surface area contributed by atoms with E-state index in [1.807, 2.05) is 45.0 Å². The normalized spacial score (nSPS) is 17.0. The van der Waals surface area contributed by atoms with Crippen molar-refractivity contribution in [3.8, 4) is 11.5 Å². The lowest BCUT2D eigenvalue weighted by Crippen LogP contribution is -2.29. The zero-order valence-corrected chi connectivity index (χ0v) is 20.2. The van der Waals surface area contributed by atoms with Crippen LogP contribution in [0.4, 0.5) is 5.69 Å². The summed E-state index contributed by atoms with van der Waals surface area (Å²) in [4.78, 5) is 28.0. The number of aliphatic hydroxyl groups excluding tert-OH is 1. The standard InChI is InChI=1S/C29H29NO5/c1-4-19-7-9-21(10-8-19)27(31)25-26(20-11-15-23(16-12-20)34-5-2)30(29(33)28(25)32)22-13-17-24(18-14-22)35-6-3/h7-18,26,31H,4-6H2,1-3H3/b27-25+. The Morgan fingerprint density at radius 3 is 1.86 bits per heavy atom. The van der Waals surface area contributed by atoms with E-state index in [1.54, 1.807) is 48.5 Å². The van der Waals surface area contributed by atoms with Crippen molar-refractivity contribution in [1.29, 1.82) is 0 Å². The van der Waals surface area contributed by atoms with Gasteiger partial charge in [-0.15, -0.1) is 0 Å². The minimum absolute atomic E-state index is 0.0530. The summed E-state index contributed by atoms with van der Waals surface area (Å²) in [6.45, 7) is 6.89. The molecular weight excluding hydrogens is 442 g/mol. The molecule has 1 aliphatic rings. The van der Waals surface area contributed by atoms with Crippen LogP contribution in [0.2, 0.25) is 0 Å². The van der Waals surface area contributed by atoms with Crippen molar-refractivity contribution in [3.05, 3.63) is 95.1 Å². The highest BCUT2D eigenvalue weighted by atomic mass is 16.5. The number of benzene rings is 3. The van der Waals surface area contributed by atoms with E-state index in [4.69, 9.17) is 9.47 Å². The van der Waals surface area contributed by atoms with Crippen molar-refractivity contribution >= 4 is 23.1 Å². The molecule has 1 atom stereocenters. The number of aryl methyl sites for hydroxylation is 1. The molecule has 1 aliphatic heterocycles. The van der Waals surface area contributed by atoms with Gasteiger partial charge in [0.25, 0.3) is 11.7 Å². The zero-order valence-electron chi connectivity index (χ0n) is 20.2. The number of ether oxygens (including phenoxy) is 2. The monoisotopic (exact) mass is 471 g/mol. The van der Waals surface area contributed by atoms with E-state index in [0.717, 1.165) is 12.0 Å². The van der Waals surface area contributed by atoms with Crippen LogP contribution >= 0.6 is 0 Å². The molecule has 4 rings (SSSR count). The molecule has 1 unspecified atom stereocenters. The molecule has 0 aromatic heterocycles. The molecule has 180 valence electrons. The van der Waals surface area contributed by atoms with E-state index in [2.05, 4.69) is 0 Å². The van der Waals surface area contributed by atoms with E-state index >= 15 is 0 Å². The van der Waals surface area contributed by atoms with E-state index in [9.17, 15) is 14.7 Å². The van der Waals surface area contributed by atoms with Gasteiger partial charge in [0.05, 0.1) is 24.8 Å². The van der Waals surface area contributed by atoms with Gasteiger partial charge in [0.1, 0.15) is 17.3 Å². The predicted molar refractivity (Wildman–Crippen MR) is 136 cm³/mol. The Labute approximate surface area is 205 Å². The molecule has 0 spiro atoms. The Kier molecular flexibility index (Phi) is 7.20. The Morgan fingerprint density at radius 2 is 1.34 bits per heavy atom. The number of hydrogen-bond acceptors (Lipinski definition) is 5. The van der Waals surface area contributed by atoms with Crippen LogP contribution in [0.1, 0.15) is 43.5 Å². The highest BCUT2D eigenvalue weighted by Gasteiger charge is 2.47. The molecule has 6 nitrogen and oxygen atoms in total. The third-order valence-corrected chi connectivity index (χ3v) is 6.01. The molecule has 1 fully saturated rings. The van der Waals surface area contributed by atoms with Crippen LogP contribution in [0.15, 0.2) is 78.4 Å². The van der Waals surface area contributed by atoms with Crippen LogP contribution in [-0.2, 0) is 16.0 Å². The van der Waals surface area contributed by atoms with Gasteiger partial charge in [-0.3, -0.25) is 14.5 Å². The SMILES string of the molecule is CCOc1ccc(C2/C(=C(\O)c3ccc(CC)cc3)C(=O)C(=O)N2c2ccc(OCC)cc2)cc1. The molecule has 35 heavy (non-hydrogen) atoms. The summed E-state index contributed by atoms with van der Waals surface area (Å²) in [5.74, 6) is -0.265. The van der Waals surface area contributed by atoms with Gasteiger partial charge in [-0.1, -0.05) is 43.3 Å². The van der Waals surface area contributed by atoms with Crippen molar-refractivity contribution < 1.29 is 24.2 Å². The molecule has 0 radical (unpaired) electrons. The number of rotatable bonds is 8. The average Bonchev–Trinajstić information content (AvgIpc) is 3.15. The second kappa shape index (κ2) is 10.5. The fourth-order valence-electron chi connectivity index (χ4n) is 4.25. The minimum atomic E-state index is -0.797. The molecule has 3 aromatic rings. The number of carbonyl (C=O) groups excluding carboxylic acids is 2. The first-order valence-electron chi connectivity index (χ1n) is 11.8. The highest BCUT2D eigenvalue weighted by molar-refractivity contribution is 6.51. The maximum Gasteiger partial charge on any atom is 0.300 e. The maximum atomic E-state index is 13.3. The Morgan fingerprint density at radius 1 is 0.800 bits per heavy atom. The first kappa shape index (κ1) is 24.1. The van der Waals surface area contributed by atoms with Crippen LogP contribution in [0, 0.1) is 0 Å². The molecule has 0 bridgehead atoms. The molecule has 1 saturated heterocycles. The van der Waals surface area contributed by atoms with Gasteiger partial charge < -0.3 is 14.6 Å². The molecule has 0 saturated carbocycles. The third kappa shape index (κ3) is 4.78. The van der Waals surface area contributed by atoms with E-state index in [0.29, 0.717) is 41.5 Å². The van der Waals surface area contributed by atoms with Crippen molar-refractivity contribution in [2.45, 2.75) is 33.2 Å². The number of amides is 1. The maximum absolute atomic E-state index is 13.3. The number of Topliss-reactive ketones (excluding diaryl/α,β-unsaturated/α-hetero) is 1. The molecule has 1 heterocycles. The lowest BCUT2D eigenvalue weighted by atomic mass is 9.94. The number of aliphatic hydroxyl groups is 1. The molecular formula is C29H29NO5. The van der Waals surface area contributed by atoms with Gasteiger partial charge in [-0.05, 0) is 67.8 Å². The number of carbonyl (C=O) groups is 2. The Hall–Kier alpha value is -4.06. The van der Waals surface area contributed by atoms with Crippen LogP contribution in [-0.4, -0.2) is 30.0 Å². The van der Waals surface area contributed by atoms with E-state index in [-0.39, 0.29) is 11.3 Å². The van der Waals surface area contributed by atoms with Crippen molar-refractivity contribution in [3.63, 3.8) is 0 Å². The highest BCUT2D eigenvalue weighted by Crippen LogP contribution is 2.42. The molecule has 1 N–H and O–H groups in total. The van der Waals surface area contributed by atoms with Crippen molar-refractivity contribution in [1.82, 2.24) is 0 Å². The quantitative estimate of drug-likeness (QED) is 0.260. The number of anilines is 1. The van der Waals surface area contributed by atoms with Crippen LogP contribution in [0.3, 0.4) is 0 Å². The van der Waals surface area contributed by atoms with Crippen molar-refractivity contribution in [2.75, 3.05) is 18.1 Å². The Balaban J connectivity index is 1.85. The summed E-state index contributed by atoms with van der Waals surface area (Å²) in [7, 11) is 0.